The summed E-state index contributed by atoms with van der Waals surface area (Å²) in [6.07, 6.45) is 9.88. The molecule has 1 saturated heterocycles. The minimum atomic E-state index is 0.197. The Morgan fingerprint density at radius 2 is 1.75 bits per heavy atom. The number of aromatic nitrogens is 1. The van der Waals surface area contributed by atoms with Gasteiger partial charge in [-0.15, -0.1) is 0 Å². The number of para-hydroxylation sites is 1. The van der Waals surface area contributed by atoms with Gasteiger partial charge in [0.25, 0.3) is 0 Å². The summed E-state index contributed by atoms with van der Waals surface area (Å²) in [5.41, 5.74) is 4.83. The number of aryl methyl sites for hydroxylation is 1. The zero-order chi connectivity index (χ0) is 24.5. The van der Waals surface area contributed by atoms with Crippen LogP contribution in [0.1, 0.15) is 44.1 Å². The summed E-state index contributed by atoms with van der Waals surface area (Å²) < 4.78 is 5.54. The van der Waals surface area contributed by atoms with Crippen LogP contribution in [-0.4, -0.2) is 61.7 Å². The van der Waals surface area contributed by atoms with E-state index in [4.69, 9.17) is 4.74 Å². The quantitative estimate of drug-likeness (QED) is 0.537. The van der Waals surface area contributed by atoms with Gasteiger partial charge in [0.2, 0.25) is 5.91 Å². The molecule has 1 saturated carbocycles. The Kier molecular flexibility index (Phi) is 6.61. The molecule has 1 aromatic heterocycles. The molecule has 36 heavy (non-hydrogen) atoms. The van der Waals surface area contributed by atoms with Crippen LogP contribution in [0.5, 0.6) is 5.75 Å². The Hall–Kier alpha value is -2.99. The fourth-order valence-electron chi connectivity index (χ4n) is 6.65. The van der Waals surface area contributed by atoms with Gasteiger partial charge in [-0.3, -0.25) is 9.69 Å². The molecular weight excluding hydrogens is 448 g/mol. The molecule has 1 amide bonds. The van der Waals surface area contributed by atoms with E-state index in [-0.39, 0.29) is 12.0 Å². The molecule has 190 valence electrons. The van der Waals surface area contributed by atoms with Gasteiger partial charge in [-0.2, -0.15) is 0 Å². The smallest absolute Gasteiger partial charge is 0.230 e. The average molecular weight is 487 g/mol. The predicted molar refractivity (Wildman–Crippen MR) is 146 cm³/mol. The average Bonchev–Trinajstić information content (AvgIpc) is 3.43. The van der Waals surface area contributed by atoms with E-state index in [9.17, 15) is 4.79 Å². The number of piperazine rings is 1. The van der Waals surface area contributed by atoms with Crippen LogP contribution in [0.4, 0.5) is 11.4 Å². The van der Waals surface area contributed by atoms with Gasteiger partial charge in [0.1, 0.15) is 5.75 Å². The van der Waals surface area contributed by atoms with Crippen LogP contribution in [0.25, 0.3) is 10.9 Å². The van der Waals surface area contributed by atoms with Crippen molar-refractivity contribution in [3.05, 3.63) is 54.2 Å². The molecule has 0 spiro atoms. The van der Waals surface area contributed by atoms with Crippen LogP contribution in [0.2, 0.25) is 0 Å². The Balaban J connectivity index is 1.16. The lowest BCUT2D eigenvalue weighted by atomic mass is 9.86. The minimum Gasteiger partial charge on any atom is -0.495 e. The number of methoxy groups -OCH3 is 1. The van der Waals surface area contributed by atoms with Crippen molar-refractivity contribution < 1.29 is 9.53 Å². The number of benzene rings is 2. The Morgan fingerprint density at radius 3 is 2.56 bits per heavy atom. The maximum absolute atomic E-state index is 13.8. The van der Waals surface area contributed by atoms with Crippen molar-refractivity contribution in [2.24, 2.45) is 5.92 Å². The molecule has 1 aliphatic carbocycles. The summed E-state index contributed by atoms with van der Waals surface area (Å²) in [6.45, 7) is 4.98. The predicted octanol–water partition coefficient (Wildman–Crippen LogP) is 5.23. The van der Waals surface area contributed by atoms with Gasteiger partial charge >= 0.3 is 0 Å². The van der Waals surface area contributed by atoms with Gasteiger partial charge < -0.3 is 19.5 Å². The highest BCUT2D eigenvalue weighted by atomic mass is 16.5. The number of hydrogen-bond acceptors (Lipinski definition) is 4. The monoisotopic (exact) mass is 486 g/mol. The Bertz CT molecular complexity index is 1210. The number of carbonyl (C=O) groups excluding carboxylic acids is 1. The molecule has 0 bridgehead atoms. The number of rotatable bonds is 5. The normalized spacial score (nSPS) is 21.5. The molecular formula is C30H38N4O2. The molecule has 2 aliphatic heterocycles. The van der Waals surface area contributed by atoms with Crippen molar-refractivity contribution in [3.63, 3.8) is 0 Å². The molecule has 2 fully saturated rings. The molecule has 6 nitrogen and oxygen atoms in total. The first-order chi connectivity index (χ1) is 17.7. The Labute approximate surface area is 214 Å². The van der Waals surface area contributed by atoms with Gasteiger partial charge in [-0.25, -0.2) is 0 Å². The molecule has 1 atom stereocenters. The highest BCUT2D eigenvalue weighted by Crippen LogP contribution is 2.36. The van der Waals surface area contributed by atoms with Crippen molar-refractivity contribution in [1.29, 1.82) is 0 Å². The fraction of sp³-hybridized carbons (Fsp3) is 0.500. The Morgan fingerprint density at radius 1 is 0.944 bits per heavy atom. The highest BCUT2D eigenvalue weighted by molar-refractivity contribution is 5.97. The zero-order valence-electron chi connectivity index (χ0n) is 21.4. The molecule has 6 rings (SSSR count). The zero-order valence-corrected chi connectivity index (χ0v) is 21.4. The van der Waals surface area contributed by atoms with Gasteiger partial charge in [0.15, 0.2) is 0 Å². The van der Waals surface area contributed by atoms with E-state index in [1.165, 1.54) is 35.9 Å². The molecule has 2 aromatic carbocycles. The lowest BCUT2D eigenvalue weighted by molar-refractivity contribution is -0.124. The van der Waals surface area contributed by atoms with Crippen LogP contribution < -0.4 is 14.5 Å². The van der Waals surface area contributed by atoms with Crippen LogP contribution in [0.15, 0.2) is 48.7 Å². The molecule has 6 heteroatoms. The van der Waals surface area contributed by atoms with Crippen LogP contribution in [-0.2, 0) is 11.2 Å². The number of fused-ring (bicyclic) bond motifs is 2. The number of nitrogens with one attached hydrogen (secondary N) is 1. The number of amides is 1. The summed E-state index contributed by atoms with van der Waals surface area (Å²) in [4.78, 5) is 24.5. The topological polar surface area (TPSA) is 51.8 Å². The molecule has 1 unspecified atom stereocenters. The highest BCUT2D eigenvalue weighted by Gasteiger charge is 2.36. The fourth-order valence-corrected chi connectivity index (χ4v) is 6.65. The second-order valence-electron chi connectivity index (χ2n) is 10.7. The summed E-state index contributed by atoms with van der Waals surface area (Å²) in [5, 5.41) is 1.22. The summed E-state index contributed by atoms with van der Waals surface area (Å²) >= 11 is 0. The molecule has 0 radical (unpaired) electrons. The number of aromatic amines is 1. The largest absolute Gasteiger partial charge is 0.495 e. The van der Waals surface area contributed by atoms with Gasteiger partial charge in [-0.1, -0.05) is 37.5 Å². The third kappa shape index (κ3) is 4.36. The van der Waals surface area contributed by atoms with Crippen molar-refractivity contribution in [2.45, 2.75) is 51.0 Å². The van der Waals surface area contributed by atoms with E-state index >= 15 is 0 Å². The number of H-pyrrole nitrogens is 1. The van der Waals surface area contributed by atoms with E-state index in [2.05, 4.69) is 62.1 Å². The lowest BCUT2D eigenvalue weighted by Crippen LogP contribution is -2.55. The number of hydrogen-bond donors (Lipinski definition) is 1. The second-order valence-corrected chi connectivity index (χ2v) is 10.7. The molecule has 3 aliphatic rings. The van der Waals surface area contributed by atoms with Crippen LogP contribution in [0.3, 0.4) is 0 Å². The van der Waals surface area contributed by atoms with Crippen molar-refractivity contribution in [1.82, 2.24) is 9.88 Å². The molecule has 1 N–H and O–H groups in total. The number of carbonyl (C=O) groups is 1. The van der Waals surface area contributed by atoms with Gasteiger partial charge in [-0.05, 0) is 55.5 Å². The van der Waals surface area contributed by atoms with Gasteiger partial charge in [0, 0.05) is 67.6 Å². The SMILES string of the molecule is COc1ccc(N2CCN(CC3CCc4ccccc4N3C(=O)C3CCCCC3)CC2)c2cc[nH]c12. The van der Waals surface area contributed by atoms with Crippen molar-refractivity contribution in [2.75, 3.05) is 49.6 Å². The molecule has 3 aromatic rings. The van der Waals surface area contributed by atoms with E-state index in [0.29, 0.717) is 5.91 Å². The van der Waals surface area contributed by atoms with Crippen LogP contribution >= 0.6 is 0 Å². The first-order valence-corrected chi connectivity index (χ1v) is 13.8. The number of anilines is 2. The van der Waals surface area contributed by atoms with E-state index in [1.807, 2.05) is 6.20 Å². The maximum Gasteiger partial charge on any atom is 0.230 e. The van der Waals surface area contributed by atoms with E-state index in [0.717, 1.165) is 75.4 Å². The third-order valence-electron chi connectivity index (χ3n) is 8.62. The molecule has 3 heterocycles. The summed E-state index contributed by atoms with van der Waals surface area (Å²) in [6, 6.07) is 15.3. The number of ether oxygens (including phenoxy) is 1. The minimum absolute atomic E-state index is 0.197. The van der Waals surface area contributed by atoms with Crippen molar-refractivity contribution in [3.8, 4) is 5.75 Å². The lowest BCUT2D eigenvalue weighted by Gasteiger charge is -2.44. The van der Waals surface area contributed by atoms with Crippen molar-refractivity contribution >= 4 is 28.2 Å². The summed E-state index contributed by atoms with van der Waals surface area (Å²) in [7, 11) is 1.72. The maximum atomic E-state index is 13.8. The van der Waals surface area contributed by atoms with E-state index in [1.54, 1.807) is 7.11 Å². The first-order valence-electron chi connectivity index (χ1n) is 13.8. The second kappa shape index (κ2) is 10.2. The third-order valence-corrected chi connectivity index (χ3v) is 8.62. The van der Waals surface area contributed by atoms with E-state index < -0.39 is 0 Å². The first kappa shape index (κ1) is 23.4. The number of nitrogens with zero attached hydrogens (tertiary/aromatic N) is 3. The summed E-state index contributed by atoms with van der Waals surface area (Å²) in [5.74, 6) is 1.46. The van der Waals surface area contributed by atoms with Crippen LogP contribution in [0, 0.1) is 5.92 Å². The standard InChI is InChI=1S/C30H38N4O2/c1-36-28-14-13-27(25-15-16-31-29(25)28)33-19-17-32(18-20-33)21-24-12-11-22-7-5-6-10-26(22)34(24)30(35)23-8-3-2-4-9-23/h5-7,10,13-16,23-24,31H,2-4,8-9,11-12,17-21H2,1H3. The van der Waals surface area contributed by atoms with Gasteiger partial charge in [0.05, 0.1) is 12.6 Å².